The number of thiophene rings is 1. The van der Waals surface area contributed by atoms with Crippen molar-refractivity contribution in [2.24, 2.45) is 0 Å². The maximum absolute atomic E-state index is 11.9. The average molecular weight is 279 g/mol. The van der Waals surface area contributed by atoms with Crippen LogP contribution in [0.2, 0.25) is 0 Å². The third kappa shape index (κ3) is 3.10. The highest BCUT2D eigenvalue weighted by atomic mass is 32.1. The van der Waals surface area contributed by atoms with Gasteiger partial charge in [-0.2, -0.15) is 0 Å². The Morgan fingerprint density at radius 3 is 2.89 bits per heavy atom. The zero-order valence-corrected chi connectivity index (χ0v) is 10.7. The summed E-state index contributed by atoms with van der Waals surface area (Å²) >= 11 is 0.855. The summed E-state index contributed by atoms with van der Waals surface area (Å²) in [6.45, 7) is 0. The van der Waals surface area contributed by atoms with Gasteiger partial charge in [0.2, 0.25) is 5.88 Å². The average Bonchev–Trinajstić information content (AvgIpc) is 2.89. The minimum absolute atomic E-state index is 0.0521. The molecule has 0 saturated carbocycles. The number of hydrogen-bond acceptors (Lipinski definition) is 7. The van der Waals surface area contributed by atoms with Gasteiger partial charge < -0.3 is 4.74 Å². The highest BCUT2D eigenvalue weighted by Gasteiger charge is 2.16. The Labute approximate surface area is 112 Å². The molecule has 0 spiro atoms. The van der Waals surface area contributed by atoms with Gasteiger partial charge in [-0.05, 0) is 6.07 Å². The van der Waals surface area contributed by atoms with E-state index in [-0.39, 0.29) is 17.2 Å². The standard InChI is InChI=1S/C11H9N3O4S/c1-18-10-5-7(12-6-13-10)4-8(15)9-2-3-11(19-9)14(16)17/h2-3,5-6H,4H2,1H3. The van der Waals surface area contributed by atoms with Gasteiger partial charge in [-0.15, -0.1) is 0 Å². The predicted molar refractivity (Wildman–Crippen MR) is 67.6 cm³/mol. The topological polar surface area (TPSA) is 95.2 Å². The maximum atomic E-state index is 11.9. The molecule has 8 heteroatoms. The first-order chi connectivity index (χ1) is 9.10. The van der Waals surface area contributed by atoms with Crippen molar-refractivity contribution in [3.05, 3.63) is 45.2 Å². The molecule has 19 heavy (non-hydrogen) atoms. The Morgan fingerprint density at radius 1 is 1.47 bits per heavy atom. The van der Waals surface area contributed by atoms with Crippen LogP contribution in [0.15, 0.2) is 24.5 Å². The van der Waals surface area contributed by atoms with Crippen molar-refractivity contribution < 1.29 is 14.5 Å². The summed E-state index contributed by atoms with van der Waals surface area (Å²) in [4.78, 5) is 30.1. The molecule has 2 heterocycles. The fourth-order valence-corrected chi connectivity index (χ4v) is 2.17. The van der Waals surface area contributed by atoms with Crippen molar-refractivity contribution in [1.29, 1.82) is 0 Å². The van der Waals surface area contributed by atoms with Crippen molar-refractivity contribution in [2.75, 3.05) is 7.11 Å². The minimum Gasteiger partial charge on any atom is -0.481 e. The van der Waals surface area contributed by atoms with E-state index in [1.165, 1.54) is 25.6 Å². The Balaban J connectivity index is 2.13. The zero-order valence-electron chi connectivity index (χ0n) is 9.90. The number of aromatic nitrogens is 2. The lowest BCUT2D eigenvalue weighted by Gasteiger charge is -2.00. The monoisotopic (exact) mass is 279 g/mol. The number of nitrogens with zero attached hydrogens (tertiary/aromatic N) is 3. The summed E-state index contributed by atoms with van der Waals surface area (Å²) in [6, 6.07) is 4.32. The first-order valence-corrected chi connectivity index (χ1v) is 6.04. The molecule has 0 aliphatic heterocycles. The highest BCUT2D eigenvalue weighted by molar-refractivity contribution is 7.17. The number of ketones is 1. The third-order valence-electron chi connectivity index (χ3n) is 2.30. The Bertz CT molecular complexity index is 626. The van der Waals surface area contributed by atoms with E-state index in [9.17, 15) is 14.9 Å². The molecule has 0 atom stereocenters. The molecule has 0 bridgehead atoms. The number of methoxy groups -OCH3 is 1. The Morgan fingerprint density at radius 2 is 2.26 bits per heavy atom. The molecule has 0 aliphatic carbocycles. The van der Waals surface area contributed by atoms with E-state index in [0.29, 0.717) is 16.5 Å². The van der Waals surface area contributed by atoms with Gasteiger partial charge in [0.15, 0.2) is 5.78 Å². The molecular weight excluding hydrogens is 270 g/mol. The zero-order chi connectivity index (χ0) is 13.8. The van der Waals surface area contributed by atoms with E-state index >= 15 is 0 Å². The SMILES string of the molecule is COc1cc(CC(=O)c2ccc([N+](=O)[O-])s2)ncn1. The van der Waals surface area contributed by atoms with Crippen LogP contribution < -0.4 is 4.74 Å². The molecular formula is C11H9N3O4S. The second-order valence-corrected chi connectivity index (χ2v) is 4.61. The largest absolute Gasteiger partial charge is 0.481 e. The van der Waals surface area contributed by atoms with Crippen LogP contribution in [-0.2, 0) is 6.42 Å². The predicted octanol–water partition coefficient (Wildman–Crippen LogP) is 1.88. The van der Waals surface area contributed by atoms with Gasteiger partial charge in [-0.1, -0.05) is 11.3 Å². The van der Waals surface area contributed by atoms with Crippen LogP contribution in [0.5, 0.6) is 5.88 Å². The number of rotatable bonds is 5. The summed E-state index contributed by atoms with van der Waals surface area (Å²) in [6.07, 6.45) is 1.36. The van der Waals surface area contributed by atoms with Gasteiger partial charge in [0.25, 0.3) is 0 Å². The van der Waals surface area contributed by atoms with Gasteiger partial charge in [-0.25, -0.2) is 9.97 Å². The number of carbonyl (C=O) groups is 1. The number of Topliss-reactive ketones (excluding diaryl/α,β-unsaturated/α-hetero) is 1. The normalized spacial score (nSPS) is 10.2. The van der Waals surface area contributed by atoms with Gasteiger partial charge in [0.1, 0.15) is 6.33 Å². The highest BCUT2D eigenvalue weighted by Crippen LogP contribution is 2.25. The maximum Gasteiger partial charge on any atom is 0.324 e. The van der Waals surface area contributed by atoms with Crippen molar-refractivity contribution in [2.45, 2.75) is 6.42 Å². The van der Waals surface area contributed by atoms with Gasteiger partial charge in [-0.3, -0.25) is 14.9 Å². The summed E-state index contributed by atoms with van der Waals surface area (Å²) in [5.41, 5.74) is 0.507. The summed E-state index contributed by atoms with van der Waals surface area (Å²) in [5.74, 6) is 0.147. The minimum atomic E-state index is -0.519. The fourth-order valence-electron chi connectivity index (χ4n) is 1.41. The first-order valence-electron chi connectivity index (χ1n) is 5.22. The lowest BCUT2D eigenvalue weighted by Crippen LogP contribution is -2.04. The van der Waals surface area contributed by atoms with Gasteiger partial charge in [0.05, 0.1) is 29.0 Å². The summed E-state index contributed by atoms with van der Waals surface area (Å²) in [7, 11) is 1.47. The molecule has 98 valence electrons. The Hall–Kier alpha value is -2.35. The summed E-state index contributed by atoms with van der Waals surface area (Å²) in [5, 5.41) is 10.5. The van der Waals surface area contributed by atoms with Crippen LogP contribution in [0.4, 0.5) is 5.00 Å². The third-order valence-corrected chi connectivity index (χ3v) is 3.37. The van der Waals surface area contributed by atoms with E-state index in [2.05, 4.69) is 9.97 Å². The first kappa shape index (κ1) is 13.1. The smallest absolute Gasteiger partial charge is 0.324 e. The molecule has 0 fully saturated rings. The Kier molecular flexibility index (Phi) is 3.81. The van der Waals surface area contributed by atoms with Crippen LogP contribution in [0, 0.1) is 10.1 Å². The fraction of sp³-hybridized carbons (Fsp3) is 0.182. The molecule has 2 aromatic heterocycles. The lowest BCUT2D eigenvalue weighted by molar-refractivity contribution is -0.380. The van der Waals surface area contributed by atoms with E-state index in [1.54, 1.807) is 6.07 Å². The van der Waals surface area contributed by atoms with Crippen molar-refractivity contribution in [3.8, 4) is 5.88 Å². The summed E-state index contributed by atoms with van der Waals surface area (Å²) < 4.78 is 4.93. The molecule has 0 aliphatic rings. The van der Waals surface area contributed by atoms with Gasteiger partial charge >= 0.3 is 5.00 Å². The molecule has 2 aromatic rings. The molecule has 0 N–H and O–H groups in total. The van der Waals surface area contributed by atoms with Crippen molar-refractivity contribution in [3.63, 3.8) is 0 Å². The molecule has 0 unspecified atom stereocenters. The van der Waals surface area contributed by atoms with E-state index in [0.717, 1.165) is 11.3 Å². The molecule has 0 amide bonds. The number of ether oxygens (including phenoxy) is 1. The lowest BCUT2D eigenvalue weighted by atomic mass is 10.2. The van der Waals surface area contributed by atoms with Crippen LogP contribution in [0.1, 0.15) is 15.4 Å². The van der Waals surface area contributed by atoms with Crippen molar-refractivity contribution >= 4 is 22.1 Å². The van der Waals surface area contributed by atoms with Crippen LogP contribution in [0.25, 0.3) is 0 Å². The molecule has 2 rings (SSSR count). The van der Waals surface area contributed by atoms with Crippen LogP contribution >= 0.6 is 11.3 Å². The van der Waals surface area contributed by atoms with E-state index in [1.807, 2.05) is 0 Å². The second-order valence-electron chi connectivity index (χ2n) is 3.55. The van der Waals surface area contributed by atoms with E-state index < -0.39 is 4.92 Å². The number of nitro groups is 1. The van der Waals surface area contributed by atoms with Crippen LogP contribution in [0.3, 0.4) is 0 Å². The second kappa shape index (κ2) is 5.53. The molecule has 0 radical (unpaired) electrons. The van der Waals surface area contributed by atoms with Crippen LogP contribution in [-0.4, -0.2) is 27.8 Å². The molecule has 7 nitrogen and oxygen atoms in total. The quantitative estimate of drug-likeness (QED) is 0.471. The van der Waals surface area contributed by atoms with E-state index in [4.69, 9.17) is 4.74 Å². The molecule has 0 aromatic carbocycles. The number of hydrogen-bond donors (Lipinski definition) is 0. The molecule has 0 saturated heterocycles. The van der Waals surface area contributed by atoms with Gasteiger partial charge in [0, 0.05) is 12.1 Å². The number of carbonyl (C=O) groups excluding carboxylic acids is 1. The van der Waals surface area contributed by atoms with Crippen molar-refractivity contribution in [1.82, 2.24) is 9.97 Å².